The highest BCUT2D eigenvalue weighted by atomic mass is 127. The zero-order valence-corrected chi connectivity index (χ0v) is 8.91. The van der Waals surface area contributed by atoms with E-state index in [9.17, 15) is 0 Å². The number of aryl methyl sites for hydroxylation is 1. The molecule has 1 nitrogen and oxygen atoms in total. The molecule has 0 aliphatic rings. The molecule has 0 bridgehead atoms. The minimum absolute atomic E-state index is 0.744. The van der Waals surface area contributed by atoms with E-state index in [4.69, 9.17) is 5.26 Å². The number of rotatable bonds is 3. The molecule has 0 heterocycles. The monoisotopic (exact) mass is 271 g/mol. The summed E-state index contributed by atoms with van der Waals surface area (Å²) in [4.78, 5) is 0. The smallest absolute Gasteiger partial charge is 0.0991 e. The Morgan fingerprint density at radius 3 is 2.42 bits per heavy atom. The predicted octanol–water partition coefficient (Wildman–Crippen LogP) is 2.93. The van der Waals surface area contributed by atoms with E-state index in [1.807, 2.05) is 24.3 Å². The van der Waals surface area contributed by atoms with Crippen LogP contribution >= 0.6 is 22.6 Å². The van der Waals surface area contributed by atoms with Crippen molar-refractivity contribution in [1.82, 2.24) is 0 Å². The van der Waals surface area contributed by atoms with Crippen molar-refractivity contribution in [3.05, 3.63) is 35.4 Å². The van der Waals surface area contributed by atoms with Gasteiger partial charge in [0, 0.05) is 0 Å². The molecule has 0 aliphatic heterocycles. The second kappa shape index (κ2) is 5.15. The minimum Gasteiger partial charge on any atom is -0.192 e. The van der Waals surface area contributed by atoms with Gasteiger partial charge in [0.1, 0.15) is 0 Å². The molecule has 12 heavy (non-hydrogen) atoms. The van der Waals surface area contributed by atoms with Crippen LogP contribution in [0.2, 0.25) is 0 Å². The average molecular weight is 271 g/mol. The zero-order valence-electron chi connectivity index (χ0n) is 6.76. The molecule has 0 fully saturated rings. The normalized spacial score (nSPS) is 9.33. The maximum absolute atomic E-state index is 8.55. The molecule has 0 atom stereocenters. The molecule has 1 aromatic rings. The summed E-state index contributed by atoms with van der Waals surface area (Å²) in [5.74, 6) is 0. The molecule has 0 radical (unpaired) electrons. The van der Waals surface area contributed by atoms with E-state index >= 15 is 0 Å². The summed E-state index contributed by atoms with van der Waals surface area (Å²) in [6.07, 6.45) is 2.33. The molecule has 2 heteroatoms. The summed E-state index contributed by atoms with van der Waals surface area (Å²) in [6, 6.07) is 9.93. The standard InChI is InChI=1S/C10H10IN/c11-7-1-2-9-3-5-10(8-12)6-4-9/h3-6H,1-2,7H2. The number of hydrogen-bond donors (Lipinski definition) is 0. The Hall–Kier alpha value is -0.560. The SMILES string of the molecule is N#Cc1ccc(CCCI)cc1. The van der Waals surface area contributed by atoms with Crippen LogP contribution in [0.3, 0.4) is 0 Å². The molecular formula is C10H10IN. The Kier molecular flexibility index (Phi) is 4.09. The molecule has 0 unspecified atom stereocenters. The van der Waals surface area contributed by atoms with Crippen LogP contribution in [-0.2, 0) is 6.42 Å². The molecule has 0 saturated carbocycles. The predicted molar refractivity (Wildman–Crippen MR) is 58.4 cm³/mol. The number of halogens is 1. The molecule has 1 rings (SSSR count). The van der Waals surface area contributed by atoms with E-state index in [2.05, 4.69) is 28.7 Å². The van der Waals surface area contributed by atoms with E-state index < -0.39 is 0 Å². The molecule has 0 spiro atoms. The lowest BCUT2D eigenvalue weighted by Gasteiger charge is -1.97. The van der Waals surface area contributed by atoms with Crippen LogP contribution in [0.25, 0.3) is 0 Å². The van der Waals surface area contributed by atoms with Gasteiger partial charge in [-0.1, -0.05) is 34.7 Å². The fourth-order valence-electron chi connectivity index (χ4n) is 1.02. The summed E-state index contributed by atoms with van der Waals surface area (Å²) in [5.41, 5.74) is 2.07. The van der Waals surface area contributed by atoms with Gasteiger partial charge >= 0.3 is 0 Å². The van der Waals surface area contributed by atoms with Gasteiger partial charge in [0.25, 0.3) is 0 Å². The first-order chi connectivity index (χ1) is 5.86. The van der Waals surface area contributed by atoms with Crippen LogP contribution in [0, 0.1) is 11.3 Å². The van der Waals surface area contributed by atoms with Gasteiger partial charge in [-0.05, 0) is 35.0 Å². The van der Waals surface area contributed by atoms with E-state index in [-0.39, 0.29) is 0 Å². The van der Waals surface area contributed by atoms with Gasteiger partial charge in [-0.15, -0.1) is 0 Å². The highest BCUT2D eigenvalue weighted by Crippen LogP contribution is 2.06. The van der Waals surface area contributed by atoms with Crippen molar-refractivity contribution in [2.45, 2.75) is 12.8 Å². The van der Waals surface area contributed by atoms with Crippen LogP contribution in [0.5, 0.6) is 0 Å². The first-order valence-corrected chi connectivity index (χ1v) is 5.44. The molecule has 0 aliphatic carbocycles. The Morgan fingerprint density at radius 2 is 1.92 bits per heavy atom. The fraction of sp³-hybridized carbons (Fsp3) is 0.300. The number of alkyl halides is 1. The van der Waals surface area contributed by atoms with Crippen molar-refractivity contribution >= 4 is 22.6 Å². The number of hydrogen-bond acceptors (Lipinski definition) is 1. The largest absolute Gasteiger partial charge is 0.192 e. The van der Waals surface area contributed by atoms with Crippen LogP contribution in [0.1, 0.15) is 17.5 Å². The Morgan fingerprint density at radius 1 is 1.25 bits per heavy atom. The Labute approximate surface area is 86.5 Å². The summed E-state index contributed by atoms with van der Waals surface area (Å²) in [5, 5.41) is 8.55. The van der Waals surface area contributed by atoms with Crippen LogP contribution in [0.4, 0.5) is 0 Å². The van der Waals surface area contributed by atoms with Crippen LogP contribution in [0.15, 0.2) is 24.3 Å². The quantitative estimate of drug-likeness (QED) is 0.612. The van der Waals surface area contributed by atoms with Gasteiger partial charge < -0.3 is 0 Å². The van der Waals surface area contributed by atoms with Gasteiger partial charge in [-0.3, -0.25) is 0 Å². The summed E-state index contributed by atoms with van der Waals surface area (Å²) in [7, 11) is 0. The van der Waals surface area contributed by atoms with Crippen molar-refractivity contribution in [2.75, 3.05) is 4.43 Å². The molecular weight excluding hydrogens is 261 g/mol. The van der Waals surface area contributed by atoms with E-state index in [1.165, 1.54) is 16.4 Å². The lowest BCUT2D eigenvalue weighted by molar-refractivity contribution is 0.945. The maximum atomic E-state index is 8.55. The lowest BCUT2D eigenvalue weighted by atomic mass is 10.1. The highest BCUT2D eigenvalue weighted by molar-refractivity contribution is 14.1. The third-order valence-electron chi connectivity index (χ3n) is 1.68. The third-order valence-corrected chi connectivity index (χ3v) is 2.44. The molecule has 0 saturated heterocycles. The van der Waals surface area contributed by atoms with Gasteiger partial charge in [0.15, 0.2) is 0 Å². The molecule has 0 N–H and O–H groups in total. The summed E-state index contributed by atoms with van der Waals surface area (Å²) in [6.45, 7) is 0. The van der Waals surface area contributed by atoms with Crippen LogP contribution in [-0.4, -0.2) is 4.43 Å². The van der Waals surface area contributed by atoms with Gasteiger partial charge in [0.05, 0.1) is 11.6 Å². The second-order valence-corrected chi connectivity index (χ2v) is 3.68. The average Bonchev–Trinajstić information content (AvgIpc) is 2.15. The van der Waals surface area contributed by atoms with Crippen molar-refractivity contribution in [3.63, 3.8) is 0 Å². The Balaban J connectivity index is 2.60. The maximum Gasteiger partial charge on any atom is 0.0991 e. The van der Waals surface area contributed by atoms with Crippen molar-refractivity contribution in [3.8, 4) is 6.07 Å². The first-order valence-electron chi connectivity index (χ1n) is 3.92. The Bertz CT molecular complexity index is 271. The molecule has 0 amide bonds. The van der Waals surface area contributed by atoms with E-state index in [0.717, 1.165) is 12.0 Å². The molecule has 62 valence electrons. The van der Waals surface area contributed by atoms with E-state index in [0.29, 0.717) is 0 Å². The second-order valence-electron chi connectivity index (χ2n) is 2.60. The number of benzene rings is 1. The highest BCUT2D eigenvalue weighted by Gasteiger charge is 1.92. The van der Waals surface area contributed by atoms with Gasteiger partial charge in [-0.25, -0.2) is 0 Å². The van der Waals surface area contributed by atoms with Crippen molar-refractivity contribution < 1.29 is 0 Å². The molecule has 1 aromatic carbocycles. The third kappa shape index (κ3) is 2.82. The van der Waals surface area contributed by atoms with Gasteiger partial charge in [0.2, 0.25) is 0 Å². The lowest BCUT2D eigenvalue weighted by Crippen LogP contribution is -1.85. The summed E-state index contributed by atoms with van der Waals surface area (Å²) < 4.78 is 1.19. The van der Waals surface area contributed by atoms with Crippen LogP contribution < -0.4 is 0 Å². The zero-order chi connectivity index (χ0) is 8.81. The topological polar surface area (TPSA) is 23.8 Å². The van der Waals surface area contributed by atoms with Crippen molar-refractivity contribution in [1.29, 1.82) is 5.26 Å². The van der Waals surface area contributed by atoms with E-state index in [1.54, 1.807) is 0 Å². The minimum atomic E-state index is 0.744. The summed E-state index contributed by atoms with van der Waals surface area (Å²) >= 11 is 2.38. The molecule has 0 aromatic heterocycles. The number of nitriles is 1. The van der Waals surface area contributed by atoms with Crippen molar-refractivity contribution in [2.24, 2.45) is 0 Å². The first kappa shape index (κ1) is 9.53. The van der Waals surface area contributed by atoms with Gasteiger partial charge in [-0.2, -0.15) is 5.26 Å². The number of nitrogens with zero attached hydrogens (tertiary/aromatic N) is 1. The fourth-order valence-corrected chi connectivity index (χ4v) is 1.40.